The van der Waals surface area contributed by atoms with Crippen LogP contribution in [0.25, 0.3) is 0 Å². The maximum absolute atomic E-state index is 11.8. The molecule has 0 saturated heterocycles. The van der Waals surface area contributed by atoms with Gasteiger partial charge in [-0.1, -0.05) is 4.68 Å². The summed E-state index contributed by atoms with van der Waals surface area (Å²) in [6, 6.07) is 1.87. The van der Waals surface area contributed by atoms with E-state index >= 15 is 0 Å². The molecule has 1 atom stereocenters. The van der Waals surface area contributed by atoms with Crippen LogP contribution in [0.15, 0.2) is 27.3 Å². The molecular formula is C12H12N4O4. The van der Waals surface area contributed by atoms with E-state index in [1.807, 2.05) is 6.07 Å². The van der Waals surface area contributed by atoms with E-state index in [1.165, 1.54) is 18.7 Å². The molecule has 2 rings (SSSR count). The van der Waals surface area contributed by atoms with Crippen LogP contribution in [0.4, 0.5) is 0 Å². The van der Waals surface area contributed by atoms with Crippen molar-refractivity contribution in [1.29, 1.82) is 5.26 Å². The van der Waals surface area contributed by atoms with Gasteiger partial charge in [0.2, 0.25) is 11.6 Å². The molecule has 8 nitrogen and oxygen atoms in total. The van der Waals surface area contributed by atoms with Crippen LogP contribution in [0, 0.1) is 11.3 Å². The van der Waals surface area contributed by atoms with Gasteiger partial charge in [0.1, 0.15) is 23.3 Å². The van der Waals surface area contributed by atoms with Crippen molar-refractivity contribution in [2.45, 2.75) is 19.8 Å². The van der Waals surface area contributed by atoms with Crippen LogP contribution in [-0.4, -0.2) is 11.1 Å². The van der Waals surface area contributed by atoms with Crippen molar-refractivity contribution in [2.24, 2.45) is 12.8 Å². The average molecular weight is 276 g/mol. The summed E-state index contributed by atoms with van der Waals surface area (Å²) in [6.07, 6.45) is 0. The van der Waals surface area contributed by atoms with E-state index < -0.39 is 11.9 Å². The third kappa shape index (κ3) is 1.89. The highest BCUT2D eigenvalue weighted by molar-refractivity contribution is 5.96. The number of allylic oxidation sites excluding steroid dienone is 3. The number of nitrogens with zero attached hydrogens (tertiary/aromatic N) is 3. The minimum Gasteiger partial charge on any atom is -0.539 e. The fourth-order valence-corrected chi connectivity index (χ4v) is 2.23. The standard InChI is InChI=1S/C12H12N4O4/c1-5(17)8-6(2)19-11(14)7(4-13)9(8)10-12(18)20-15-16(10)3/h9H,14H2,1-3H3. The van der Waals surface area contributed by atoms with Crippen LogP contribution in [-0.2, 0) is 16.6 Å². The molecule has 0 amide bonds. The molecule has 0 radical (unpaired) electrons. The Hall–Kier alpha value is -2.82. The first-order valence-corrected chi connectivity index (χ1v) is 5.70. The van der Waals surface area contributed by atoms with Crippen molar-refractivity contribution >= 4 is 5.78 Å². The Morgan fingerprint density at radius 2 is 2.25 bits per heavy atom. The monoisotopic (exact) mass is 276 g/mol. The number of nitrogens with two attached hydrogens (primary N) is 1. The summed E-state index contributed by atoms with van der Waals surface area (Å²) in [6.45, 7) is 2.87. The van der Waals surface area contributed by atoms with Gasteiger partial charge in [0.05, 0.1) is 10.8 Å². The zero-order chi connectivity index (χ0) is 15.0. The van der Waals surface area contributed by atoms with Gasteiger partial charge in [-0.3, -0.25) is 4.79 Å². The SMILES string of the molecule is CC(=O)C1=C(C)OC(N)=C(C#N)C1c1c([O-])on[n+]1C. The summed E-state index contributed by atoms with van der Waals surface area (Å²) >= 11 is 0. The molecule has 0 aromatic carbocycles. The molecule has 0 spiro atoms. The summed E-state index contributed by atoms with van der Waals surface area (Å²) in [5, 5.41) is 24.5. The first kappa shape index (κ1) is 13.6. The molecule has 1 aromatic rings. The first-order chi connectivity index (χ1) is 9.38. The normalized spacial score (nSPS) is 18.8. The van der Waals surface area contributed by atoms with E-state index in [0.29, 0.717) is 0 Å². The molecule has 0 aliphatic carbocycles. The Labute approximate surface area is 114 Å². The number of hydrogen-bond donors (Lipinski definition) is 1. The smallest absolute Gasteiger partial charge is 0.246 e. The number of carbonyl (C=O) groups is 1. The Balaban J connectivity index is 2.75. The highest BCUT2D eigenvalue weighted by Crippen LogP contribution is 2.39. The maximum atomic E-state index is 11.8. The summed E-state index contributed by atoms with van der Waals surface area (Å²) in [4.78, 5) is 11.8. The number of ether oxygens (including phenoxy) is 1. The van der Waals surface area contributed by atoms with Crippen LogP contribution < -0.4 is 15.5 Å². The molecule has 2 N–H and O–H groups in total. The number of nitriles is 1. The third-order valence-electron chi connectivity index (χ3n) is 3.06. The zero-order valence-electron chi connectivity index (χ0n) is 11.1. The van der Waals surface area contributed by atoms with E-state index in [0.717, 1.165) is 0 Å². The molecule has 1 aromatic heterocycles. The summed E-state index contributed by atoms with van der Waals surface area (Å²) in [7, 11) is 1.48. The Morgan fingerprint density at radius 3 is 2.70 bits per heavy atom. The fourth-order valence-electron chi connectivity index (χ4n) is 2.23. The van der Waals surface area contributed by atoms with Gasteiger partial charge >= 0.3 is 0 Å². The molecule has 8 heteroatoms. The lowest BCUT2D eigenvalue weighted by Gasteiger charge is -2.24. The van der Waals surface area contributed by atoms with Crippen molar-refractivity contribution in [2.75, 3.05) is 0 Å². The van der Waals surface area contributed by atoms with Crippen LogP contribution >= 0.6 is 0 Å². The topological polar surface area (TPSA) is 129 Å². The van der Waals surface area contributed by atoms with Crippen LogP contribution in [0.5, 0.6) is 5.95 Å². The lowest BCUT2D eigenvalue weighted by atomic mass is 9.84. The second-order valence-corrected chi connectivity index (χ2v) is 4.32. The lowest BCUT2D eigenvalue weighted by molar-refractivity contribution is -0.746. The van der Waals surface area contributed by atoms with Crippen LogP contribution in [0.3, 0.4) is 0 Å². The predicted molar refractivity (Wildman–Crippen MR) is 61.2 cm³/mol. The average Bonchev–Trinajstić information content (AvgIpc) is 2.67. The second kappa shape index (κ2) is 4.70. The first-order valence-electron chi connectivity index (χ1n) is 5.70. The molecule has 1 unspecified atom stereocenters. The van der Waals surface area contributed by atoms with E-state index in [4.69, 9.17) is 10.5 Å². The van der Waals surface area contributed by atoms with Gasteiger partial charge in [-0.25, -0.2) is 0 Å². The number of aryl methyl sites for hydroxylation is 1. The number of hydrogen-bond acceptors (Lipinski definition) is 7. The summed E-state index contributed by atoms with van der Waals surface area (Å²) < 4.78 is 10.9. The van der Waals surface area contributed by atoms with Crippen LogP contribution in [0.1, 0.15) is 25.5 Å². The third-order valence-corrected chi connectivity index (χ3v) is 3.06. The summed E-state index contributed by atoms with van der Waals surface area (Å²) in [5.74, 6) is -1.88. The lowest BCUT2D eigenvalue weighted by Crippen LogP contribution is -2.38. The number of Topliss-reactive ketones (excluding diaryl/α,β-unsaturated/α-hetero) is 1. The quantitative estimate of drug-likeness (QED) is 0.703. The molecule has 1 aliphatic heterocycles. The number of ketones is 1. The van der Waals surface area contributed by atoms with Gasteiger partial charge < -0.3 is 20.1 Å². The minimum absolute atomic E-state index is 0.0169. The molecule has 0 fully saturated rings. The largest absolute Gasteiger partial charge is 0.539 e. The van der Waals surface area contributed by atoms with Gasteiger partial charge in [-0.05, 0) is 13.8 Å². The number of rotatable bonds is 2. The molecular weight excluding hydrogens is 264 g/mol. The molecule has 20 heavy (non-hydrogen) atoms. The molecule has 1 aliphatic rings. The van der Waals surface area contributed by atoms with Gasteiger partial charge in [0, 0.05) is 0 Å². The zero-order valence-corrected chi connectivity index (χ0v) is 11.1. The van der Waals surface area contributed by atoms with Gasteiger partial charge in [-0.15, -0.1) is 0 Å². The number of aromatic nitrogens is 2. The minimum atomic E-state index is -0.935. The maximum Gasteiger partial charge on any atom is 0.246 e. The Bertz CT molecular complexity index is 673. The highest BCUT2D eigenvalue weighted by Gasteiger charge is 2.40. The van der Waals surface area contributed by atoms with Crippen molar-refractivity contribution in [3.8, 4) is 12.0 Å². The van der Waals surface area contributed by atoms with E-state index in [-0.39, 0.29) is 34.3 Å². The molecule has 104 valence electrons. The van der Waals surface area contributed by atoms with E-state index in [2.05, 4.69) is 9.79 Å². The van der Waals surface area contributed by atoms with Crippen molar-refractivity contribution in [1.82, 2.24) is 5.27 Å². The fraction of sp³-hybridized carbons (Fsp3) is 0.333. The number of carbonyl (C=O) groups excluding carboxylic acids is 1. The molecule has 0 saturated carbocycles. The van der Waals surface area contributed by atoms with Gasteiger partial charge in [0.15, 0.2) is 18.8 Å². The van der Waals surface area contributed by atoms with Crippen molar-refractivity contribution < 1.29 is 23.8 Å². The van der Waals surface area contributed by atoms with E-state index in [1.54, 1.807) is 6.92 Å². The van der Waals surface area contributed by atoms with Crippen molar-refractivity contribution in [3.63, 3.8) is 0 Å². The summed E-state index contributed by atoms with van der Waals surface area (Å²) in [5.41, 5.74) is 5.89. The second-order valence-electron chi connectivity index (χ2n) is 4.32. The Kier molecular flexibility index (Phi) is 3.19. The van der Waals surface area contributed by atoms with Crippen molar-refractivity contribution in [3.05, 3.63) is 28.5 Å². The predicted octanol–water partition coefficient (Wildman–Crippen LogP) is -0.757. The molecule has 0 bridgehead atoms. The van der Waals surface area contributed by atoms with Gasteiger partial charge in [0.25, 0.3) is 0 Å². The van der Waals surface area contributed by atoms with E-state index in [9.17, 15) is 15.2 Å². The Morgan fingerprint density at radius 1 is 1.60 bits per heavy atom. The van der Waals surface area contributed by atoms with Crippen LogP contribution in [0.2, 0.25) is 0 Å². The highest BCUT2D eigenvalue weighted by atomic mass is 16.6. The van der Waals surface area contributed by atoms with Gasteiger partial charge in [-0.2, -0.15) is 5.26 Å². The molecule has 2 heterocycles.